The van der Waals surface area contributed by atoms with Crippen LogP contribution in [0.3, 0.4) is 0 Å². The minimum atomic E-state index is -2.24. The first-order valence-electron chi connectivity index (χ1n) is 21.9. The second kappa shape index (κ2) is 16.5. The number of fused-ring (bicyclic) bond motifs is 5. The smallest absolute Gasteiger partial charge is 0.340 e. The molecule has 2 fully saturated rings. The molecule has 328 valence electrons. The zero-order chi connectivity index (χ0) is 43.8. The first-order chi connectivity index (χ1) is 27.3. The average Bonchev–Trinajstić information content (AvgIpc) is 3.40. The third-order valence-electron chi connectivity index (χ3n) is 13.3. The van der Waals surface area contributed by atoms with Crippen LogP contribution in [0.5, 0.6) is 11.5 Å². The second-order valence-electron chi connectivity index (χ2n) is 20.8. The van der Waals surface area contributed by atoms with Gasteiger partial charge in [-0.05, 0) is 118 Å². The summed E-state index contributed by atoms with van der Waals surface area (Å²) < 4.78 is 39.8. The van der Waals surface area contributed by atoms with Crippen molar-refractivity contribution in [2.24, 2.45) is 4.52 Å². The Bertz CT molecular complexity index is 1990. The summed E-state index contributed by atoms with van der Waals surface area (Å²) in [5.41, 5.74) is 7.35. The van der Waals surface area contributed by atoms with Gasteiger partial charge in [-0.25, -0.2) is 14.0 Å². The van der Waals surface area contributed by atoms with Gasteiger partial charge in [0, 0.05) is 67.2 Å². The Kier molecular flexibility index (Phi) is 12.9. The highest BCUT2D eigenvalue weighted by Gasteiger charge is 2.76. The van der Waals surface area contributed by atoms with Crippen LogP contribution in [-0.4, -0.2) is 152 Å². The maximum atomic E-state index is 7.40. The molecule has 0 aromatic heterocycles. The molecule has 1 saturated heterocycles. The quantitative estimate of drug-likeness (QED) is 0.155. The van der Waals surface area contributed by atoms with Gasteiger partial charge in [0.2, 0.25) is 19.6 Å². The summed E-state index contributed by atoms with van der Waals surface area (Å²) in [5.74, 6) is 2.27. The highest BCUT2D eigenvalue weighted by atomic mass is 31.2. The van der Waals surface area contributed by atoms with Crippen molar-refractivity contribution in [3.8, 4) is 11.5 Å². The highest BCUT2D eigenvalue weighted by molar-refractivity contribution is 7.75. The van der Waals surface area contributed by atoms with Crippen molar-refractivity contribution in [3.05, 3.63) is 57.6 Å². The van der Waals surface area contributed by atoms with Crippen molar-refractivity contribution in [1.82, 2.24) is 28.0 Å². The number of aryl methyl sites for hydroxylation is 1. The van der Waals surface area contributed by atoms with Crippen molar-refractivity contribution in [3.63, 3.8) is 0 Å². The molecule has 1 spiro atoms. The molecule has 1 saturated carbocycles. The largest absolute Gasteiger partial charge is 0.704 e. The van der Waals surface area contributed by atoms with E-state index in [0.717, 1.165) is 54.9 Å². The van der Waals surface area contributed by atoms with E-state index in [4.69, 9.17) is 14.0 Å². The lowest BCUT2D eigenvalue weighted by Gasteiger charge is -2.45. The van der Waals surface area contributed by atoms with Crippen molar-refractivity contribution in [2.75, 3.05) is 84.1 Å². The van der Waals surface area contributed by atoms with Crippen LogP contribution in [0.4, 0.5) is 0 Å². The molecular formula is C46H80N9O2P2+3. The van der Waals surface area contributed by atoms with Crippen molar-refractivity contribution < 1.29 is 18.6 Å². The molecule has 0 radical (unpaired) electrons. The summed E-state index contributed by atoms with van der Waals surface area (Å²) in [6.07, 6.45) is 11.6. The molecule has 4 atom stereocenters. The van der Waals surface area contributed by atoms with Gasteiger partial charge >= 0.3 is 13.9 Å². The van der Waals surface area contributed by atoms with Gasteiger partial charge in [0.25, 0.3) is 0 Å². The predicted molar refractivity (Wildman–Crippen MR) is 251 cm³/mol. The molecule has 2 aromatic carbocycles. The molecule has 3 aliphatic heterocycles. The Morgan fingerprint density at radius 2 is 1.25 bits per heavy atom. The number of benzene rings is 2. The highest BCUT2D eigenvalue weighted by Crippen LogP contribution is 2.74. The number of rotatable bonds is 12. The van der Waals surface area contributed by atoms with E-state index in [9.17, 15) is 0 Å². The molecule has 6 rings (SSSR count). The molecule has 0 amide bonds. The van der Waals surface area contributed by atoms with Crippen LogP contribution in [0.25, 0.3) is 0 Å². The zero-order valence-electron chi connectivity index (χ0n) is 40.4. The maximum absolute atomic E-state index is 7.40. The summed E-state index contributed by atoms with van der Waals surface area (Å²) in [6.45, 7) is 19.4. The molecule has 11 nitrogen and oxygen atoms in total. The minimum absolute atomic E-state index is 0.0244. The number of ether oxygens (including phenoxy) is 2. The van der Waals surface area contributed by atoms with E-state index in [1.165, 1.54) is 35.1 Å². The Morgan fingerprint density at radius 1 is 0.746 bits per heavy atom. The Morgan fingerprint density at radius 3 is 1.73 bits per heavy atom. The standard InChI is InChI=1S/C46H80N9O2P2/c1-33(23-22-26-53(19)59(51(15)16,52(17)18)47-58(48(9)10,49(11)12)50(13)14)35-27-34(2)42-36(28-35)31-54-40-24-20-21-25-41(40)55-32-37-29-38(44(3,4)5)30-39(45(6,7)8)43(37)57-46(54,55)56-42/h27-33,40-41H,20-26H2,1-19H3/q+3. The van der Waals surface area contributed by atoms with Crippen molar-refractivity contribution in [2.45, 2.75) is 129 Å². The van der Waals surface area contributed by atoms with Crippen LogP contribution in [0, 0.1) is 6.92 Å². The second-order valence-corrected chi connectivity index (χ2v) is 28.3. The molecule has 4 unspecified atom stereocenters. The Labute approximate surface area is 359 Å². The molecule has 4 aliphatic rings. The van der Waals surface area contributed by atoms with Crippen molar-refractivity contribution in [1.29, 1.82) is 0 Å². The van der Waals surface area contributed by atoms with Gasteiger partial charge in [0.05, 0.1) is 11.1 Å². The van der Waals surface area contributed by atoms with Gasteiger partial charge in [-0.2, -0.15) is 0 Å². The monoisotopic (exact) mass is 853 g/mol. The van der Waals surface area contributed by atoms with Gasteiger partial charge < -0.3 is 9.47 Å². The third-order valence-corrected chi connectivity index (χ3v) is 21.7. The third kappa shape index (κ3) is 7.92. The SMILES string of the molecule is Cc1cc(C(C)CCCN(C)P(=N[P+](N(C)C)(N(C)C)N(C)C)(N(C)C)N(C)C)cc2c1OC13Oc4c(cc(C(C)(C)C)cc4C(C)(C)C)C=[N+]1C1CCCCC1[N+]3=C2. The van der Waals surface area contributed by atoms with E-state index in [1.807, 2.05) is 0 Å². The zero-order valence-corrected chi connectivity index (χ0v) is 42.2. The molecular weight excluding hydrogens is 773 g/mol. The molecule has 0 bridgehead atoms. The molecule has 3 heterocycles. The lowest BCUT2D eigenvalue weighted by molar-refractivity contribution is -0.866. The normalized spacial score (nSPS) is 22.5. The molecule has 13 heteroatoms. The fourth-order valence-electron chi connectivity index (χ4n) is 10.2. The van der Waals surface area contributed by atoms with E-state index >= 15 is 0 Å². The molecule has 0 N–H and O–H groups in total. The topological polar surface area (TPSA) is 56.3 Å². The van der Waals surface area contributed by atoms with Crippen LogP contribution in [0.1, 0.15) is 126 Å². The number of hydrogen-bond donors (Lipinski definition) is 0. The van der Waals surface area contributed by atoms with Gasteiger partial charge in [0.15, 0.2) is 23.9 Å². The van der Waals surface area contributed by atoms with E-state index in [-0.39, 0.29) is 10.8 Å². The summed E-state index contributed by atoms with van der Waals surface area (Å²) in [6, 6.07) is 9.10. The fourth-order valence-corrected chi connectivity index (χ4v) is 19.8. The molecule has 2 aromatic rings. The average molecular weight is 853 g/mol. The van der Waals surface area contributed by atoms with E-state index in [2.05, 4.69) is 207 Å². The lowest BCUT2D eigenvalue weighted by atomic mass is 9.79. The number of nitrogens with zero attached hydrogens (tertiary/aromatic N) is 9. The summed E-state index contributed by atoms with van der Waals surface area (Å²) in [4.78, 5) is 0. The minimum Gasteiger partial charge on any atom is -0.340 e. The van der Waals surface area contributed by atoms with E-state index < -0.39 is 21.4 Å². The predicted octanol–water partition coefficient (Wildman–Crippen LogP) is 9.12. The first kappa shape index (κ1) is 46.3. The van der Waals surface area contributed by atoms with Crippen LogP contribution in [0.15, 0.2) is 28.8 Å². The number of hydrogen-bond acceptors (Lipinski definition) is 6. The summed E-state index contributed by atoms with van der Waals surface area (Å²) in [7, 11) is 19.7. The molecule has 1 aliphatic carbocycles. The summed E-state index contributed by atoms with van der Waals surface area (Å²) >= 11 is 0. The van der Waals surface area contributed by atoms with E-state index in [1.54, 1.807) is 0 Å². The van der Waals surface area contributed by atoms with Crippen LogP contribution >= 0.6 is 15.4 Å². The summed E-state index contributed by atoms with van der Waals surface area (Å²) in [5, 5.41) is 0. The van der Waals surface area contributed by atoms with Crippen LogP contribution in [0.2, 0.25) is 0 Å². The first-order valence-corrected chi connectivity index (χ1v) is 25.1. The Hall–Kier alpha value is -2.20. The van der Waals surface area contributed by atoms with Gasteiger partial charge in [0.1, 0.15) is 0 Å². The van der Waals surface area contributed by atoms with Crippen LogP contribution < -0.4 is 9.47 Å². The molecule has 59 heavy (non-hydrogen) atoms. The van der Waals surface area contributed by atoms with Crippen molar-refractivity contribution >= 4 is 27.8 Å². The van der Waals surface area contributed by atoms with E-state index in [0.29, 0.717) is 18.0 Å². The Balaban J connectivity index is 1.32. The van der Waals surface area contributed by atoms with Gasteiger partial charge in [-0.15, -0.1) is 14.0 Å². The van der Waals surface area contributed by atoms with Gasteiger partial charge in [-0.3, -0.25) is 0 Å². The van der Waals surface area contributed by atoms with Gasteiger partial charge in [-0.1, -0.05) is 69.7 Å². The lowest BCUT2D eigenvalue weighted by Crippen LogP contribution is -2.60. The van der Waals surface area contributed by atoms with Crippen LogP contribution in [-0.2, 0) is 10.8 Å². The fraction of sp³-hybridized carbons (Fsp3) is 0.696. The maximum Gasteiger partial charge on any atom is 0.704 e.